The van der Waals surface area contributed by atoms with Crippen molar-refractivity contribution < 1.29 is 14.1 Å². The summed E-state index contributed by atoms with van der Waals surface area (Å²) in [7, 11) is 0. The van der Waals surface area contributed by atoms with E-state index in [1.807, 2.05) is 39.5 Å². The predicted molar refractivity (Wildman–Crippen MR) is 82.5 cm³/mol. The van der Waals surface area contributed by atoms with Crippen molar-refractivity contribution in [2.75, 3.05) is 13.2 Å². The van der Waals surface area contributed by atoms with Crippen molar-refractivity contribution in [3.05, 3.63) is 11.7 Å². The lowest BCUT2D eigenvalue weighted by atomic mass is 9.96. The van der Waals surface area contributed by atoms with E-state index in [1.165, 1.54) is 0 Å². The molecule has 0 N–H and O–H groups in total. The van der Waals surface area contributed by atoms with Gasteiger partial charge in [-0.25, -0.2) is 0 Å². The maximum Gasteiger partial charge on any atom is 0.226 e. The highest BCUT2D eigenvalue weighted by Crippen LogP contribution is 2.19. The number of hydrogen-bond acceptors (Lipinski definition) is 5. The van der Waals surface area contributed by atoms with Gasteiger partial charge in [0.15, 0.2) is 5.82 Å². The van der Waals surface area contributed by atoms with Gasteiger partial charge in [0.05, 0.1) is 18.8 Å². The number of amides is 1. The largest absolute Gasteiger partial charge is 0.375 e. The third-order valence-corrected chi connectivity index (χ3v) is 3.85. The number of aromatic nitrogens is 2. The normalized spacial score (nSPS) is 22.9. The van der Waals surface area contributed by atoms with Gasteiger partial charge < -0.3 is 14.2 Å². The van der Waals surface area contributed by atoms with Crippen LogP contribution in [0.1, 0.15) is 59.2 Å². The van der Waals surface area contributed by atoms with Gasteiger partial charge in [0, 0.05) is 24.8 Å². The number of morpholine rings is 1. The molecule has 0 spiro atoms. The molecular formula is C16H27N3O3. The summed E-state index contributed by atoms with van der Waals surface area (Å²) in [5.41, 5.74) is -0.114. The average Bonchev–Trinajstić information content (AvgIpc) is 2.90. The molecule has 0 bridgehead atoms. The van der Waals surface area contributed by atoms with Crippen LogP contribution in [-0.2, 0) is 21.4 Å². The van der Waals surface area contributed by atoms with Crippen LogP contribution in [0.15, 0.2) is 4.52 Å². The number of hydrogen-bond donors (Lipinski definition) is 0. The monoisotopic (exact) mass is 309 g/mol. The molecule has 2 atom stereocenters. The molecule has 0 aliphatic carbocycles. The Balaban J connectivity index is 1.80. The number of rotatable bonds is 4. The first-order valence-electron chi connectivity index (χ1n) is 8.01. The molecule has 1 aromatic rings. The van der Waals surface area contributed by atoms with Crippen LogP contribution in [0, 0.1) is 0 Å². The lowest BCUT2D eigenvalue weighted by Gasteiger charge is -2.36. The summed E-state index contributed by atoms with van der Waals surface area (Å²) in [6.07, 6.45) is 1.99. The Morgan fingerprint density at radius 3 is 2.73 bits per heavy atom. The smallest absolute Gasteiger partial charge is 0.226 e. The van der Waals surface area contributed by atoms with Crippen LogP contribution in [0.25, 0.3) is 0 Å². The van der Waals surface area contributed by atoms with E-state index >= 15 is 0 Å². The first-order chi connectivity index (χ1) is 10.3. The van der Waals surface area contributed by atoms with Crippen LogP contribution < -0.4 is 0 Å². The highest BCUT2D eigenvalue weighted by Gasteiger charge is 2.27. The van der Waals surface area contributed by atoms with Gasteiger partial charge in [-0.2, -0.15) is 4.98 Å². The Bertz CT molecular complexity index is 507. The first kappa shape index (κ1) is 16.9. The van der Waals surface area contributed by atoms with Crippen molar-refractivity contribution in [3.8, 4) is 0 Å². The Hall–Kier alpha value is -1.43. The zero-order valence-corrected chi connectivity index (χ0v) is 14.3. The van der Waals surface area contributed by atoms with Crippen molar-refractivity contribution in [2.24, 2.45) is 0 Å². The molecular weight excluding hydrogens is 282 g/mol. The van der Waals surface area contributed by atoms with E-state index in [1.54, 1.807) is 0 Å². The van der Waals surface area contributed by atoms with Crippen LogP contribution >= 0.6 is 0 Å². The molecule has 22 heavy (non-hydrogen) atoms. The Kier molecular flexibility index (Phi) is 5.21. The van der Waals surface area contributed by atoms with Gasteiger partial charge in [0.1, 0.15) is 0 Å². The average molecular weight is 309 g/mol. The van der Waals surface area contributed by atoms with Crippen molar-refractivity contribution in [2.45, 2.75) is 71.4 Å². The van der Waals surface area contributed by atoms with E-state index in [2.05, 4.69) is 10.1 Å². The minimum Gasteiger partial charge on any atom is -0.375 e. The van der Waals surface area contributed by atoms with Gasteiger partial charge in [-0.05, 0) is 20.3 Å². The number of nitrogens with zero attached hydrogens (tertiary/aromatic N) is 3. The van der Waals surface area contributed by atoms with Crippen molar-refractivity contribution in [1.29, 1.82) is 0 Å². The molecule has 2 heterocycles. The highest BCUT2D eigenvalue weighted by atomic mass is 16.5. The zero-order valence-electron chi connectivity index (χ0n) is 14.3. The van der Waals surface area contributed by atoms with Gasteiger partial charge in [0.2, 0.25) is 11.8 Å². The summed E-state index contributed by atoms with van der Waals surface area (Å²) in [5.74, 6) is 1.50. The van der Waals surface area contributed by atoms with Gasteiger partial charge in [-0.3, -0.25) is 4.79 Å². The standard InChI is InChI=1S/C16H27N3O3/c1-11-10-21-12(2)9-19(11)14(20)8-6-7-13-17-15(18-22-13)16(3,4)5/h11-12H,6-10H2,1-5H3. The summed E-state index contributed by atoms with van der Waals surface area (Å²) in [4.78, 5) is 18.6. The summed E-state index contributed by atoms with van der Waals surface area (Å²) in [6.45, 7) is 11.5. The van der Waals surface area contributed by atoms with E-state index in [-0.39, 0.29) is 23.5 Å². The quantitative estimate of drug-likeness (QED) is 0.854. The minimum absolute atomic E-state index is 0.114. The van der Waals surface area contributed by atoms with Crippen LogP contribution in [-0.4, -0.2) is 46.2 Å². The first-order valence-corrected chi connectivity index (χ1v) is 8.01. The van der Waals surface area contributed by atoms with Crippen molar-refractivity contribution in [3.63, 3.8) is 0 Å². The maximum absolute atomic E-state index is 12.3. The van der Waals surface area contributed by atoms with Gasteiger partial charge in [-0.1, -0.05) is 25.9 Å². The fraction of sp³-hybridized carbons (Fsp3) is 0.812. The van der Waals surface area contributed by atoms with Crippen LogP contribution in [0.2, 0.25) is 0 Å². The fourth-order valence-corrected chi connectivity index (χ4v) is 2.45. The molecule has 6 nitrogen and oxygen atoms in total. The molecule has 2 rings (SSSR count). The van der Waals surface area contributed by atoms with E-state index in [4.69, 9.17) is 9.26 Å². The van der Waals surface area contributed by atoms with Crippen LogP contribution in [0.3, 0.4) is 0 Å². The number of carbonyl (C=O) groups excluding carboxylic acids is 1. The van der Waals surface area contributed by atoms with Crippen molar-refractivity contribution in [1.82, 2.24) is 15.0 Å². The maximum atomic E-state index is 12.3. The molecule has 1 aromatic heterocycles. The second-order valence-electron chi connectivity index (χ2n) is 7.15. The second-order valence-corrected chi connectivity index (χ2v) is 7.15. The molecule has 0 radical (unpaired) electrons. The zero-order chi connectivity index (χ0) is 16.3. The number of ether oxygens (including phenoxy) is 1. The molecule has 1 aliphatic rings. The van der Waals surface area contributed by atoms with Gasteiger partial charge in [-0.15, -0.1) is 0 Å². The van der Waals surface area contributed by atoms with E-state index in [0.29, 0.717) is 37.7 Å². The molecule has 0 aromatic carbocycles. The molecule has 1 fully saturated rings. The van der Waals surface area contributed by atoms with Crippen LogP contribution in [0.4, 0.5) is 0 Å². The lowest BCUT2D eigenvalue weighted by molar-refractivity contribution is -0.143. The minimum atomic E-state index is -0.114. The lowest BCUT2D eigenvalue weighted by Crippen LogP contribution is -2.50. The molecule has 1 amide bonds. The third kappa shape index (κ3) is 4.29. The Morgan fingerprint density at radius 1 is 1.36 bits per heavy atom. The summed E-state index contributed by atoms with van der Waals surface area (Å²) in [6, 6.07) is 0.152. The highest BCUT2D eigenvalue weighted by molar-refractivity contribution is 5.76. The molecule has 124 valence electrons. The van der Waals surface area contributed by atoms with Crippen LogP contribution in [0.5, 0.6) is 0 Å². The van der Waals surface area contributed by atoms with Gasteiger partial charge in [0.25, 0.3) is 0 Å². The topological polar surface area (TPSA) is 68.5 Å². The molecule has 6 heteroatoms. The van der Waals surface area contributed by atoms with Gasteiger partial charge >= 0.3 is 0 Å². The number of carbonyl (C=O) groups is 1. The van der Waals surface area contributed by atoms with E-state index in [9.17, 15) is 4.79 Å². The van der Waals surface area contributed by atoms with Crippen molar-refractivity contribution >= 4 is 5.91 Å². The fourth-order valence-electron chi connectivity index (χ4n) is 2.45. The summed E-state index contributed by atoms with van der Waals surface area (Å²) in [5, 5.41) is 4.00. The van der Waals surface area contributed by atoms with E-state index < -0.39 is 0 Å². The molecule has 0 saturated carbocycles. The third-order valence-electron chi connectivity index (χ3n) is 3.85. The SMILES string of the molecule is CC1CN(C(=O)CCCc2nc(C(C)(C)C)no2)C(C)CO1. The molecule has 2 unspecified atom stereocenters. The number of aryl methyl sites for hydroxylation is 1. The van der Waals surface area contributed by atoms with E-state index in [0.717, 1.165) is 6.42 Å². The summed E-state index contributed by atoms with van der Waals surface area (Å²) < 4.78 is 10.8. The summed E-state index contributed by atoms with van der Waals surface area (Å²) >= 11 is 0. The molecule has 1 aliphatic heterocycles. The predicted octanol–water partition coefficient (Wildman–Crippen LogP) is 2.33. The Morgan fingerprint density at radius 2 is 2.09 bits per heavy atom. The Labute approximate surface area is 132 Å². The molecule has 1 saturated heterocycles. The second kappa shape index (κ2) is 6.77.